The highest BCUT2D eigenvalue weighted by atomic mass is 16.5. The van der Waals surface area contributed by atoms with Gasteiger partial charge in [-0.1, -0.05) is 308 Å². The first-order chi connectivity index (χ1) is 36.5. The van der Waals surface area contributed by atoms with Crippen molar-refractivity contribution in [3.05, 3.63) is 24.3 Å². The summed E-state index contributed by atoms with van der Waals surface area (Å²) in [5.74, 6) is -0.0374. The molecule has 6 heteroatoms. The standard InChI is InChI=1S/C68H131NO5/c1-3-5-7-9-11-13-15-17-18-19-20-21-22-25-28-31-34-37-40-44-48-52-56-60-66(71)65(64-70)69-67(72)61-57-53-49-45-41-38-35-32-29-26-23-24-27-30-33-36-39-43-47-51-55-59-63-74-68(73)62-58-54-50-46-42-16-14-12-10-8-6-4-2/h12,14,26,29,65-66,70-71H,3-11,13,15-25,27-28,30-64H2,1-2H3,(H,69,72)/b14-12-,29-26-. The molecule has 0 aromatic carbocycles. The Bertz CT molecular complexity index is 1150. The summed E-state index contributed by atoms with van der Waals surface area (Å²) in [6, 6.07) is -0.548. The third-order valence-corrected chi connectivity index (χ3v) is 15.7. The number of allylic oxidation sites excluding steroid dienone is 4. The Morgan fingerprint density at radius 3 is 0.986 bits per heavy atom. The van der Waals surface area contributed by atoms with E-state index in [1.54, 1.807) is 0 Å². The fourth-order valence-electron chi connectivity index (χ4n) is 10.6. The summed E-state index contributed by atoms with van der Waals surface area (Å²) in [5.41, 5.74) is 0. The second kappa shape index (κ2) is 63.9. The van der Waals surface area contributed by atoms with Crippen molar-refractivity contribution in [2.45, 2.75) is 386 Å². The molecule has 0 saturated carbocycles. The number of aliphatic hydroxyl groups is 2. The van der Waals surface area contributed by atoms with E-state index in [-0.39, 0.29) is 18.5 Å². The Hall–Kier alpha value is -1.66. The van der Waals surface area contributed by atoms with Crippen LogP contribution in [0.5, 0.6) is 0 Å². The maximum atomic E-state index is 12.5. The smallest absolute Gasteiger partial charge is 0.305 e. The molecular weight excluding hydrogens is 911 g/mol. The van der Waals surface area contributed by atoms with E-state index in [4.69, 9.17) is 4.74 Å². The van der Waals surface area contributed by atoms with Crippen LogP contribution in [0.15, 0.2) is 24.3 Å². The molecule has 0 radical (unpaired) electrons. The zero-order valence-electron chi connectivity index (χ0n) is 50.1. The van der Waals surface area contributed by atoms with Crippen molar-refractivity contribution in [3.8, 4) is 0 Å². The monoisotopic (exact) mass is 1040 g/mol. The molecule has 438 valence electrons. The first-order valence-corrected chi connectivity index (χ1v) is 33.6. The van der Waals surface area contributed by atoms with Crippen molar-refractivity contribution in [1.29, 1.82) is 0 Å². The van der Waals surface area contributed by atoms with E-state index in [0.717, 1.165) is 44.9 Å². The molecule has 0 aliphatic rings. The minimum Gasteiger partial charge on any atom is -0.466 e. The lowest BCUT2D eigenvalue weighted by Gasteiger charge is -2.22. The lowest BCUT2D eigenvalue weighted by atomic mass is 10.0. The molecule has 0 fully saturated rings. The maximum absolute atomic E-state index is 12.5. The van der Waals surface area contributed by atoms with Crippen LogP contribution in [-0.2, 0) is 14.3 Å². The van der Waals surface area contributed by atoms with Gasteiger partial charge >= 0.3 is 5.97 Å². The van der Waals surface area contributed by atoms with E-state index < -0.39 is 12.1 Å². The molecule has 3 N–H and O–H groups in total. The first kappa shape index (κ1) is 72.3. The molecule has 0 aliphatic heterocycles. The van der Waals surface area contributed by atoms with Crippen LogP contribution < -0.4 is 5.32 Å². The summed E-state index contributed by atoms with van der Waals surface area (Å²) in [6.07, 6.45) is 79.2. The lowest BCUT2D eigenvalue weighted by molar-refractivity contribution is -0.143. The Morgan fingerprint density at radius 2 is 0.635 bits per heavy atom. The van der Waals surface area contributed by atoms with E-state index in [0.29, 0.717) is 25.9 Å². The fourth-order valence-corrected chi connectivity index (χ4v) is 10.6. The van der Waals surface area contributed by atoms with Gasteiger partial charge in [0, 0.05) is 12.8 Å². The van der Waals surface area contributed by atoms with Crippen LogP contribution in [0.1, 0.15) is 373 Å². The number of carbonyl (C=O) groups is 2. The highest BCUT2D eigenvalue weighted by Gasteiger charge is 2.20. The number of carbonyl (C=O) groups excluding carboxylic acids is 2. The minimum atomic E-state index is -0.670. The third-order valence-electron chi connectivity index (χ3n) is 15.7. The predicted molar refractivity (Wildman–Crippen MR) is 324 cm³/mol. The zero-order valence-corrected chi connectivity index (χ0v) is 50.1. The van der Waals surface area contributed by atoms with Crippen LogP contribution in [0.2, 0.25) is 0 Å². The SMILES string of the molecule is CCCCC/C=C\CCCCCCCC(=O)OCCCCCCCCCCCCC/C=C\CCCCCCCCCC(=O)NC(CO)C(O)CCCCCCCCCCCCCCCCCCCCCCCCC. The number of esters is 1. The van der Waals surface area contributed by atoms with Crippen molar-refractivity contribution in [2.75, 3.05) is 13.2 Å². The van der Waals surface area contributed by atoms with Crippen molar-refractivity contribution >= 4 is 11.9 Å². The van der Waals surface area contributed by atoms with E-state index in [2.05, 4.69) is 43.5 Å². The van der Waals surface area contributed by atoms with Crippen molar-refractivity contribution in [1.82, 2.24) is 5.32 Å². The van der Waals surface area contributed by atoms with Gasteiger partial charge in [-0.2, -0.15) is 0 Å². The van der Waals surface area contributed by atoms with Gasteiger partial charge < -0.3 is 20.3 Å². The Kier molecular flexibility index (Phi) is 62.4. The number of hydrogen-bond donors (Lipinski definition) is 3. The third kappa shape index (κ3) is 59.6. The van der Waals surface area contributed by atoms with Crippen molar-refractivity contribution in [2.24, 2.45) is 0 Å². The highest BCUT2D eigenvalue weighted by molar-refractivity contribution is 5.76. The highest BCUT2D eigenvalue weighted by Crippen LogP contribution is 2.18. The molecule has 6 nitrogen and oxygen atoms in total. The molecule has 0 aromatic heterocycles. The fraction of sp³-hybridized carbons (Fsp3) is 0.912. The summed E-state index contributed by atoms with van der Waals surface area (Å²) < 4.78 is 5.47. The van der Waals surface area contributed by atoms with Crippen LogP contribution in [-0.4, -0.2) is 47.4 Å². The molecule has 0 spiro atoms. The molecule has 2 unspecified atom stereocenters. The molecule has 0 saturated heterocycles. The predicted octanol–water partition coefficient (Wildman–Crippen LogP) is 21.4. The normalized spacial score (nSPS) is 12.6. The van der Waals surface area contributed by atoms with Crippen LogP contribution in [0.25, 0.3) is 0 Å². The van der Waals surface area contributed by atoms with Gasteiger partial charge in [0.25, 0.3) is 0 Å². The average molecular weight is 1040 g/mol. The van der Waals surface area contributed by atoms with E-state index in [9.17, 15) is 19.8 Å². The molecule has 0 rings (SSSR count). The van der Waals surface area contributed by atoms with Gasteiger partial charge in [0.2, 0.25) is 5.91 Å². The molecule has 74 heavy (non-hydrogen) atoms. The molecule has 0 heterocycles. The molecular formula is C68H131NO5. The van der Waals surface area contributed by atoms with Gasteiger partial charge in [-0.3, -0.25) is 9.59 Å². The van der Waals surface area contributed by atoms with Gasteiger partial charge in [-0.05, 0) is 77.0 Å². The van der Waals surface area contributed by atoms with Gasteiger partial charge in [0.15, 0.2) is 0 Å². The maximum Gasteiger partial charge on any atom is 0.305 e. The molecule has 2 atom stereocenters. The second-order valence-electron chi connectivity index (χ2n) is 23.1. The van der Waals surface area contributed by atoms with E-state index in [1.165, 1.54) is 295 Å². The average Bonchev–Trinajstić information content (AvgIpc) is 3.40. The largest absolute Gasteiger partial charge is 0.466 e. The molecule has 0 aromatic rings. The summed E-state index contributed by atoms with van der Waals surface area (Å²) in [5, 5.41) is 23.4. The van der Waals surface area contributed by atoms with Gasteiger partial charge in [-0.15, -0.1) is 0 Å². The quantitative estimate of drug-likeness (QED) is 0.0320. The summed E-state index contributed by atoms with van der Waals surface area (Å²) in [7, 11) is 0. The lowest BCUT2D eigenvalue weighted by Crippen LogP contribution is -2.45. The number of rotatable bonds is 63. The number of unbranched alkanes of at least 4 members (excludes halogenated alkanes) is 48. The number of hydrogen-bond acceptors (Lipinski definition) is 5. The topological polar surface area (TPSA) is 95.9 Å². The van der Waals surface area contributed by atoms with E-state index in [1.807, 2.05) is 0 Å². The van der Waals surface area contributed by atoms with Crippen LogP contribution in [0.4, 0.5) is 0 Å². The summed E-state index contributed by atoms with van der Waals surface area (Å²) in [4.78, 5) is 24.6. The van der Waals surface area contributed by atoms with Crippen molar-refractivity contribution < 1.29 is 24.5 Å². The number of aliphatic hydroxyl groups excluding tert-OH is 2. The summed E-state index contributed by atoms with van der Waals surface area (Å²) in [6.45, 7) is 4.95. The van der Waals surface area contributed by atoms with Crippen molar-refractivity contribution in [3.63, 3.8) is 0 Å². The zero-order chi connectivity index (χ0) is 53.6. The van der Waals surface area contributed by atoms with Crippen LogP contribution in [0, 0.1) is 0 Å². The summed E-state index contributed by atoms with van der Waals surface area (Å²) >= 11 is 0. The van der Waals surface area contributed by atoms with Crippen LogP contribution in [0.3, 0.4) is 0 Å². The second-order valence-corrected chi connectivity index (χ2v) is 23.1. The number of amides is 1. The van der Waals surface area contributed by atoms with Gasteiger partial charge in [-0.25, -0.2) is 0 Å². The first-order valence-electron chi connectivity index (χ1n) is 33.6. The Morgan fingerprint density at radius 1 is 0.365 bits per heavy atom. The number of nitrogens with one attached hydrogen (secondary N) is 1. The molecule has 0 aliphatic carbocycles. The minimum absolute atomic E-state index is 0.000559. The van der Waals surface area contributed by atoms with Crippen LogP contribution >= 0.6 is 0 Å². The van der Waals surface area contributed by atoms with E-state index >= 15 is 0 Å². The Balaban J connectivity index is 3.42. The molecule has 1 amide bonds. The van der Waals surface area contributed by atoms with Gasteiger partial charge in [0.05, 0.1) is 25.4 Å². The number of ether oxygens (including phenoxy) is 1. The Labute approximate surface area is 462 Å². The molecule has 0 bridgehead atoms. The van der Waals surface area contributed by atoms with Gasteiger partial charge in [0.1, 0.15) is 0 Å².